The summed E-state index contributed by atoms with van der Waals surface area (Å²) in [5, 5.41) is 14.5. The van der Waals surface area contributed by atoms with Crippen LogP contribution in [0.4, 0.5) is 0 Å². The molecule has 0 aliphatic heterocycles. The molecular weight excluding hydrogens is 270 g/mol. The van der Waals surface area contributed by atoms with Crippen molar-refractivity contribution in [2.24, 2.45) is 5.92 Å². The molecule has 1 heterocycles. The van der Waals surface area contributed by atoms with Crippen LogP contribution in [0.15, 0.2) is 23.6 Å². The van der Waals surface area contributed by atoms with Crippen LogP contribution in [0, 0.1) is 5.92 Å². The van der Waals surface area contributed by atoms with Crippen LogP contribution in [0.3, 0.4) is 0 Å². The van der Waals surface area contributed by atoms with Gasteiger partial charge in [-0.15, -0.1) is 0 Å². The molecule has 2 fully saturated rings. The monoisotopic (exact) mass is 293 g/mol. The molecule has 1 aromatic heterocycles. The van der Waals surface area contributed by atoms with Crippen LogP contribution in [0.25, 0.3) is 0 Å². The van der Waals surface area contributed by atoms with E-state index in [1.807, 2.05) is 6.07 Å². The van der Waals surface area contributed by atoms with Crippen molar-refractivity contribution < 1.29 is 5.11 Å². The molecule has 2 aliphatic carbocycles. The maximum Gasteiger partial charge on any atom is 0.187 e. The van der Waals surface area contributed by atoms with E-state index in [4.69, 9.17) is 0 Å². The number of nitrogens with one attached hydrogen (secondary N) is 1. The fraction of sp³-hybridized carbons (Fsp3) is 0.733. The van der Waals surface area contributed by atoms with Gasteiger partial charge >= 0.3 is 0 Å². The molecule has 0 bridgehead atoms. The van der Waals surface area contributed by atoms with Crippen molar-refractivity contribution in [2.45, 2.75) is 55.3 Å². The van der Waals surface area contributed by atoms with Crippen LogP contribution in [0.1, 0.15) is 38.5 Å². The average Bonchev–Trinajstić information content (AvgIpc) is 3.21. The summed E-state index contributed by atoms with van der Waals surface area (Å²) >= 11 is 1.72. The summed E-state index contributed by atoms with van der Waals surface area (Å²) in [5.74, 6) is 1.62. The number of aliphatic hydroxyl groups is 1. The number of hydrogen-bond donors (Lipinski definition) is 2. The van der Waals surface area contributed by atoms with Crippen molar-refractivity contribution >= 4 is 11.8 Å². The smallest absolute Gasteiger partial charge is 0.187 e. The third-order valence-electron chi connectivity index (χ3n) is 4.55. The highest BCUT2D eigenvalue weighted by Gasteiger charge is 2.44. The summed E-state index contributed by atoms with van der Waals surface area (Å²) in [7, 11) is 0. The molecule has 5 heteroatoms. The summed E-state index contributed by atoms with van der Waals surface area (Å²) in [4.78, 5) is 8.49. The fourth-order valence-electron chi connectivity index (χ4n) is 3.30. The van der Waals surface area contributed by atoms with Crippen LogP contribution in [0.5, 0.6) is 0 Å². The Hall–Kier alpha value is -0.650. The van der Waals surface area contributed by atoms with Gasteiger partial charge in [-0.25, -0.2) is 9.97 Å². The maximum absolute atomic E-state index is 9.89. The summed E-state index contributed by atoms with van der Waals surface area (Å²) in [6, 6.07) is 2.50. The van der Waals surface area contributed by atoms with Crippen molar-refractivity contribution in [3.63, 3.8) is 0 Å². The van der Waals surface area contributed by atoms with E-state index in [1.54, 1.807) is 24.2 Å². The lowest BCUT2D eigenvalue weighted by Crippen LogP contribution is -2.52. The van der Waals surface area contributed by atoms with Gasteiger partial charge < -0.3 is 10.4 Å². The zero-order valence-electron chi connectivity index (χ0n) is 11.8. The molecule has 3 rings (SSSR count). The van der Waals surface area contributed by atoms with Crippen LogP contribution in [-0.2, 0) is 0 Å². The van der Waals surface area contributed by atoms with E-state index >= 15 is 0 Å². The van der Waals surface area contributed by atoms with Crippen molar-refractivity contribution in [1.29, 1.82) is 0 Å². The van der Waals surface area contributed by atoms with E-state index in [0.717, 1.165) is 23.8 Å². The molecule has 110 valence electrons. The second-order valence-corrected chi connectivity index (χ2v) is 7.05. The number of hydrogen-bond acceptors (Lipinski definition) is 5. The highest BCUT2D eigenvalue weighted by molar-refractivity contribution is 7.99. The Kier molecular flexibility index (Phi) is 4.58. The minimum Gasteiger partial charge on any atom is -0.394 e. The first-order valence-corrected chi connectivity index (χ1v) is 8.59. The zero-order chi connectivity index (χ0) is 13.8. The van der Waals surface area contributed by atoms with Gasteiger partial charge in [-0.3, -0.25) is 0 Å². The van der Waals surface area contributed by atoms with Crippen molar-refractivity contribution in [1.82, 2.24) is 15.3 Å². The van der Waals surface area contributed by atoms with Gasteiger partial charge in [-0.05, 0) is 44.1 Å². The molecule has 0 radical (unpaired) electrons. The highest BCUT2D eigenvalue weighted by Crippen LogP contribution is 2.40. The van der Waals surface area contributed by atoms with Gasteiger partial charge in [-0.1, -0.05) is 18.2 Å². The van der Waals surface area contributed by atoms with E-state index in [2.05, 4.69) is 15.3 Å². The van der Waals surface area contributed by atoms with Crippen molar-refractivity contribution in [3.8, 4) is 0 Å². The molecule has 2 saturated carbocycles. The van der Waals surface area contributed by atoms with E-state index in [-0.39, 0.29) is 12.1 Å². The molecular formula is C15H23N3OS. The largest absolute Gasteiger partial charge is 0.394 e. The number of nitrogens with zero attached hydrogens (tertiary/aromatic N) is 2. The summed E-state index contributed by atoms with van der Waals surface area (Å²) < 4.78 is 0. The first kappa shape index (κ1) is 14.3. The maximum atomic E-state index is 9.89. The Labute approximate surface area is 124 Å². The topological polar surface area (TPSA) is 58.0 Å². The van der Waals surface area contributed by atoms with Crippen molar-refractivity contribution in [2.75, 3.05) is 12.4 Å². The van der Waals surface area contributed by atoms with Gasteiger partial charge in [0, 0.05) is 29.7 Å². The van der Waals surface area contributed by atoms with Gasteiger partial charge in [0.15, 0.2) is 5.16 Å². The Bertz CT molecular complexity index is 426. The lowest BCUT2D eigenvalue weighted by atomic mass is 9.85. The van der Waals surface area contributed by atoms with Crippen LogP contribution < -0.4 is 5.32 Å². The van der Waals surface area contributed by atoms with Gasteiger partial charge in [0.25, 0.3) is 0 Å². The normalized spacial score (nSPS) is 29.8. The molecule has 4 nitrogen and oxygen atoms in total. The van der Waals surface area contributed by atoms with E-state index in [0.29, 0.717) is 12.0 Å². The van der Waals surface area contributed by atoms with E-state index in [9.17, 15) is 5.11 Å². The van der Waals surface area contributed by atoms with E-state index in [1.165, 1.54) is 25.7 Å². The minimum atomic E-state index is -0.0146. The number of thioether (sulfide) groups is 1. The SMILES string of the molecule is OCC1(NC2CC2)CCCC1CCSc1ncccn1. The number of aliphatic hydroxyl groups excluding tert-OH is 1. The van der Waals surface area contributed by atoms with Crippen molar-refractivity contribution in [3.05, 3.63) is 18.5 Å². The molecule has 2 N–H and O–H groups in total. The van der Waals surface area contributed by atoms with Gasteiger partial charge in [0.05, 0.1) is 6.61 Å². The predicted octanol–water partition coefficient (Wildman–Crippen LogP) is 2.24. The lowest BCUT2D eigenvalue weighted by Gasteiger charge is -2.35. The molecule has 20 heavy (non-hydrogen) atoms. The van der Waals surface area contributed by atoms with Gasteiger partial charge in [0.2, 0.25) is 0 Å². The molecule has 2 unspecified atom stereocenters. The zero-order valence-corrected chi connectivity index (χ0v) is 12.6. The quantitative estimate of drug-likeness (QED) is 0.596. The first-order valence-electron chi connectivity index (χ1n) is 7.61. The molecule has 0 saturated heterocycles. The molecule has 0 spiro atoms. The molecule has 2 aliphatic rings. The molecule has 0 aromatic carbocycles. The fourth-order valence-corrected chi connectivity index (χ4v) is 4.15. The first-order chi connectivity index (χ1) is 9.82. The van der Waals surface area contributed by atoms with Crippen LogP contribution in [-0.4, -0.2) is 39.0 Å². The minimum absolute atomic E-state index is 0.0146. The summed E-state index contributed by atoms with van der Waals surface area (Å²) in [6.07, 6.45) is 10.9. The van der Waals surface area contributed by atoms with E-state index < -0.39 is 0 Å². The third kappa shape index (κ3) is 3.32. The van der Waals surface area contributed by atoms with Crippen LogP contribution in [0.2, 0.25) is 0 Å². The average molecular weight is 293 g/mol. The van der Waals surface area contributed by atoms with Crippen LogP contribution >= 0.6 is 11.8 Å². The summed E-state index contributed by atoms with van der Waals surface area (Å²) in [5.41, 5.74) is -0.0146. The lowest BCUT2D eigenvalue weighted by molar-refractivity contribution is 0.120. The predicted molar refractivity (Wildman–Crippen MR) is 80.7 cm³/mol. The number of rotatable bonds is 7. The standard InChI is InChI=1S/C15H23N3OS/c19-11-15(18-13-4-5-13)7-1-3-12(15)6-10-20-14-16-8-2-9-17-14/h2,8-9,12-13,18-19H,1,3-7,10-11H2. The Morgan fingerprint density at radius 3 is 2.80 bits per heavy atom. The second-order valence-electron chi connectivity index (χ2n) is 5.99. The number of aromatic nitrogens is 2. The summed E-state index contributed by atoms with van der Waals surface area (Å²) in [6.45, 7) is 0.278. The highest BCUT2D eigenvalue weighted by atomic mass is 32.2. The van der Waals surface area contributed by atoms with Gasteiger partial charge in [0.1, 0.15) is 0 Å². The molecule has 0 amide bonds. The molecule has 2 atom stereocenters. The third-order valence-corrected chi connectivity index (χ3v) is 5.46. The molecule has 1 aromatic rings. The van der Waals surface area contributed by atoms with Gasteiger partial charge in [-0.2, -0.15) is 0 Å². The Balaban J connectivity index is 1.52. The second kappa shape index (κ2) is 6.41. The Morgan fingerprint density at radius 1 is 1.30 bits per heavy atom. The Morgan fingerprint density at radius 2 is 2.10 bits per heavy atom.